The summed E-state index contributed by atoms with van der Waals surface area (Å²) in [7, 11) is 0. The average Bonchev–Trinajstić information content (AvgIpc) is 3.74. The predicted molar refractivity (Wildman–Crippen MR) is 150 cm³/mol. The third-order valence-corrected chi connectivity index (χ3v) is 11.2. The molecule has 12 heteroatoms. The zero-order valence-electron chi connectivity index (χ0n) is 20.6. The molecular formula is C26H22N4O4S4. The van der Waals surface area contributed by atoms with E-state index in [-0.39, 0.29) is 23.6 Å². The van der Waals surface area contributed by atoms with Crippen LogP contribution in [0, 0.1) is 0 Å². The molecule has 0 bridgehead atoms. The van der Waals surface area contributed by atoms with Gasteiger partial charge in [0.2, 0.25) is 0 Å². The molecule has 6 heterocycles. The van der Waals surface area contributed by atoms with Crippen LogP contribution in [0.2, 0.25) is 0 Å². The molecule has 4 aromatic heterocycles. The predicted octanol–water partition coefficient (Wildman–Crippen LogP) is 6.52. The number of aromatic nitrogens is 2. The minimum atomic E-state index is -0.219. The van der Waals surface area contributed by atoms with Crippen molar-refractivity contribution in [1.29, 1.82) is 0 Å². The van der Waals surface area contributed by atoms with Crippen molar-refractivity contribution in [2.24, 2.45) is 0 Å². The van der Waals surface area contributed by atoms with E-state index in [9.17, 15) is 19.2 Å². The Kier molecular flexibility index (Phi) is 6.58. The summed E-state index contributed by atoms with van der Waals surface area (Å²) < 4.78 is 0. The number of imide groups is 2. The topological polar surface area (TPSA) is 101 Å². The van der Waals surface area contributed by atoms with E-state index < -0.39 is 0 Å². The van der Waals surface area contributed by atoms with Gasteiger partial charge in [0.1, 0.15) is 9.75 Å². The SMILES string of the molecule is CCCCN1C(=O)c2cc(-c3cnc(-c4ncc(-c5cc6c(s5)C(=O)N(CCCC)C6=O)s4)s3)sc2C1=O. The highest BCUT2D eigenvalue weighted by Gasteiger charge is 2.39. The molecule has 0 saturated carbocycles. The number of carbonyl (C=O) groups is 4. The van der Waals surface area contributed by atoms with Gasteiger partial charge < -0.3 is 0 Å². The molecule has 0 aliphatic carbocycles. The summed E-state index contributed by atoms with van der Waals surface area (Å²) in [6, 6.07) is 3.59. The summed E-state index contributed by atoms with van der Waals surface area (Å²) in [5.41, 5.74) is 0.946. The second-order valence-corrected chi connectivity index (χ2v) is 13.2. The molecule has 6 rings (SSSR count). The van der Waals surface area contributed by atoms with Crippen molar-refractivity contribution in [2.45, 2.75) is 39.5 Å². The number of thiophene rings is 2. The quantitative estimate of drug-likeness (QED) is 0.208. The van der Waals surface area contributed by atoms with Gasteiger partial charge >= 0.3 is 0 Å². The lowest BCUT2D eigenvalue weighted by atomic mass is 10.2. The standard InChI is InChI=1S/C26H22N4O4S4/c1-3-5-7-29-23(31)13-9-15(35-19(13)25(29)33)17-11-27-21(37-17)22-28-12-18(38-22)16-10-14-20(36-16)26(34)30(24(14)32)8-6-4-2/h9-12H,3-8H2,1-2H3. The van der Waals surface area contributed by atoms with E-state index >= 15 is 0 Å². The lowest BCUT2D eigenvalue weighted by molar-refractivity contribution is 0.0638. The molecule has 0 unspecified atom stereocenters. The Labute approximate surface area is 234 Å². The van der Waals surface area contributed by atoms with Crippen molar-refractivity contribution in [2.75, 3.05) is 13.1 Å². The highest BCUT2D eigenvalue weighted by atomic mass is 32.1. The molecule has 0 atom stereocenters. The van der Waals surface area contributed by atoms with Crippen LogP contribution >= 0.6 is 45.3 Å². The summed E-state index contributed by atoms with van der Waals surface area (Å²) in [4.78, 5) is 67.1. The van der Waals surface area contributed by atoms with Crippen molar-refractivity contribution in [3.05, 3.63) is 45.4 Å². The number of hydrogen-bond donors (Lipinski definition) is 0. The van der Waals surface area contributed by atoms with Crippen LogP contribution in [0.1, 0.15) is 79.6 Å². The summed E-state index contributed by atoms with van der Waals surface area (Å²) in [5, 5.41) is 1.46. The minimum absolute atomic E-state index is 0.211. The first-order valence-electron chi connectivity index (χ1n) is 12.3. The van der Waals surface area contributed by atoms with Crippen LogP contribution in [0.4, 0.5) is 0 Å². The first-order chi connectivity index (χ1) is 18.4. The monoisotopic (exact) mass is 582 g/mol. The molecule has 194 valence electrons. The highest BCUT2D eigenvalue weighted by Crippen LogP contribution is 2.44. The van der Waals surface area contributed by atoms with E-state index in [4.69, 9.17) is 0 Å². The molecule has 4 amide bonds. The number of nitrogens with zero attached hydrogens (tertiary/aromatic N) is 4. The van der Waals surface area contributed by atoms with Gasteiger partial charge in [-0.1, -0.05) is 26.7 Å². The number of thiazole rings is 2. The Bertz CT molecular complexity index is 1420. The molecule has 0 radical (unpaired) electrons. The smallest absolute Gasteiger partial charge is 0.271 e. The minimum Gasteiger partial charge on any atom is -0.274 e. The van der Waals surface area contributed by atoms with Crippen LogP contribution in [0.25, 0.3) is 29.5 Å². The molecule has 0 aromatic carbocycles. The van der Waals surface area contributed by atoms with Gasteiger partial charge in [-0.2, -0.15) is 0 Å². The fourth-order valence-electron chi connectivity index (χ4n) is 4.39. The number of unbranched alkanes of at least 4 members (excludes halogenated alkanes) is 2. The van der Waals surface area contributed by atoms with Gasteiger partial charge in [0.15, 0.2) is 10.0 Å². The van der Waals surface area contributed by atoms with Gasteiger partial charge in [0, 0.05) is 35.2 Å². The molecular weight excluding hydrogens is 561 g/mol. The fourth-order valence-corrected chi connectivity index (χ4v) is 8.59. The van der Waals surface area contributed by atoms with Crippen molar-refractivity contribution in [3.8, 4) is 29.5 Å². The molecule has 0 fully saturated rings. The Balaban J connectivity index is 1.21. The van der Waals surface area contributed by atoms with Gasteiger partial charge in [-0.05, 0) is 25.0 Å². The van der Waals surface area contributed by atoms with E-state index in [0.29, 0.717) is 34.0 Å². The number of rotatable bonds is 9. The number of hydrogen-bond acceptors (Lipinski definition) is 10. The van der Waals surface area contributed by atoms with Crippen molar-refractivity contribution in [3.63, 3.8) is 0 Å². The summed E-state index contributed by atoms with van der Waals surface area (Å²) >= 11 is 5.56. The van der Waals surface area contributed by atoms with Crippen LogP contribution in [0.5, 0.6) is 0 Å². The molecule has 2 aliphatic heterocycles. The van der Waals surface area contributed by atoms with Gasteiger partial charge in [-0.15, -0.1) is 45.3 Å². The van der Waals surface area contributed by atoms with Gasteiger partial charge in [0.25, 0.3) is 23.6 Å². The van der Waals surface area contributed by atoms with E-state index in [1.807, 2.05) is 13.8 Å². The molecule has 0 saturated heterocycles. The Morgan fingerprint density at radius 2 is 1.03 bits per heavy atom. The van der Waals surface area contributed by atoms with Crippen molar-refractivity contribution < 1.29 is 19.2 Å². The highest BCUT2D eigenvalue weighted by molar-refractivity contribution is 7.28. The van der Waals surface area contributed by atoms with Crippen LogP contribution < -0.4 is 0 Å². The molecule has 8 nitrogen and oxygen atoms in total. The molecule has 2 aliphatic rings. The first-order valence-corrected chi connectivity index (χ1v) is 15.6. The third-order valence-electron chi connectivity index (χ3n) is 6.44. The summed E-state index contributed by atoms with van der Waals surface area (Å²) in [5.74, 6) is -0.860. The Hall–Kier alpha value is -3.06. The second-order valence-electron chi connectivity index (χ2n) is 9.00. The zero-order chi connectivity index (χ0) is 26.6. The molecule has 38 heavy (non-hydrogen) atoms. The lowest BCUT2D eigenvalue weighted by Crippen LogP contribution is -2.30. The maximum atomic E-state index is 12.7. The number of carbonyl (C=O) groups excluding carboxylic acids is 4. The normalized spacial score (nSPS) is 14.8. The van der Waals surface area contributed by atoms with Crippen LogP contribution in [0.15, 0.2) is 24.5 Å². The Morgan fingerprint density at radius 3 is 1.39 bits per heavy atom. The van der Waals surface area contributed by atoms with Crippen molar-refractivity contribution >= 4 is 69.0 Å². The Morgan fingerprint density at radius 1 is 0.605 bits per heavy atom. The maximum Gasteiger partial charge on any atom is 0.271 e. The zero-order valence-corrected chi connectivity index (χ0v) is 23.9. The fraction of sp³-hybridized carbons (Fsp3) is 0.308. The number of fused-ring (bicyclic) bond motifs is 2. The van der Waals surface area contributed by atoms with Crippen LogP contribution in [0.3, 0.4) is 0 Å². The number of amides is 4. The summed E-state index contributed by atoms with van der Waals surface area (Å²) in [6.45, 7) is 4.97. The lowest BCUT2D eigenvalue weighted by Gasteiger charge is -2.12. The van der Waals surface area contributed by atoms with E-state index in [0.717, 1.165) is 55.2 Å². The third kappa shape index (κ3) is 4.06. The van der Waals surface area contributed by atoms with Gasteiger partial charge in [-0.3, -0.25) is 29.0 Å². The average molecular weight is 583 g/mol. The van der Waals surface area contributed by atoms with E-state index in [1.54, 1.807) is 24.5 Å². The van der Waals surface area contributed by atoms with E-state index in [1.165, 1.54) is 55.1 Å². The molecule has 0 spiro atoms. The first kappa shape index (κ1) is 25.2. The molecule has 0 N–H and O–H groups in total. The maximum absolute atomic E-state index is 12.7. The van der Waals surface area contributed by atoms with Gasteiger partial charge in [0.05, 0.1) is 20.9 Å². The second kappa shape index (κ2) is 9.92. The summed E-state index contributed by atoms with van der Waals surface area (Å²) in [6.07, 6.45) is 6.92. The van der Waals surface area contributed by atoms with Crippen molar-refractivity contribution in [1.82, 2.24) is 19.8 Å². The van der Waals surface area contributed by atoms with Crippen LogP contribution in [-0.4, -0.2) is 56.5 Å². The van der Waals surface area contributed by atoms with Gasteiger partial charge in [-0.25, -0.2) is 9.97 Å². The molecule has 4 aromatic rings. The van der Waals surface area contributed by atoms with Crippen LogP contribution in [-0.2, 0) is 0 Å². The largest absolute Gasteiger partial charge is 0.274 e. The van der Waals surface area contributed by atoms with E-state index in [2.05, 4.69) is 9.97 Å².